The Bertz CT molecular complexity index is 456. The minimum absolute atomic E-state index is 0.179. The summed E-state index contributed by atoms with van der Waals surface area (Å²) in [5.74, 6) is -0.829. The molecule has 0 aliphatic heterocycles. The van der Waals surface area contributed by atoms with E-state index in [0.29, 0.717) is 12.2 Å². The van der Waals surface area contributed by atoms with Crippen LogP contribution in [-0.2, 0) is 16.0 Å². The quantitative estimate of drug-likeness (QED) is 0.733. The Kier molecular flexibility index (Phi) is 7.29. The first-order chi connectivity index (χ1) is 10.1. The number of amides is 1. The molecule has 1 rings (SSSR count). The Morgan fingerprint density at radius 3 is 2.43 bits per heavy atom. The molecular formula is C16H23NO4. The van der Waals surface area contributed by atoms with Gasteiger partial charge in [-0.25, -0.2) is 4.79 Å². The molecule has 116 valence electrons. The molecule has 0 saturated heterocycles. The molecule has 1 unspecified atom stereocenters. The zero-order valence-corrected chi connectivity index (χ0v) is 12.6. The maximum absolute atomic E-state index is 11.7. The van der Waals surface area contributed by atoms with Gasteiger partial charge in [-0.05, 0) is 30.5 Å². The van der Waals surface area contributed by atoms with Gasteiger partial charge in [0.15, 0.2) is 6.61 Å². The van der Waals surface area contributed by atoms with Crippen molar-refractivity contribution in [1.29, 1.82) is 0 Å². The molecule has 0 fully saturated rings. The number of aryl methyl sites for hydroxylation is 1. The van der Waals surface area contributed by atoms with E-state index in [4.69, 9.17) is 9.84 Å². The van der Waals surface area contributed by atoms with Gasteiger partial charge in [-0.15, -0.1) is 0 Å². The Morgan fingerprint density at radius 1 is 1.24 bits per heavy atom. The molecule has 0 saturated carbocycles. The fourth-order valence-corrected chi connectivity index (χ4v) is 1.87. The smallest absolute Gasteiger partial charge is 0.326 e. The third-order valence-electron chi connectivity index (χ3n) is 3.18. The number of aliphatic carboxylic acids is 1. The summed E-state index contributed by atoms with van der Waals surface area (Å²) >= 11 is 0. The Hall–Kier alpha value is -2.04. The summed E-state index contributed by atoms with van der Waals surface area (Å²) in [5, 5.41) is 11.5. The molecule has 1 amide bonds. The largest absolute Gasteiger partial charge is 0.484 e. The van der Waals surface area contributed by atoms with Gasteiger partial charge in [0.2, 0.25) is 0 Å². The minimum atomic E-state index is -1.01. The molecule has 0 aliphatic rings. The summed E-state index contributed by atoms with van der Waals surface area (Å²) in [6.07, 6.45) is 3.03. The van der Waals surface area contributed by atoms with E-state index in [1.165, 1.54) is 5.56 Å². The normalized spacial score (nSPS) is 11.7. The van der Waals surface area contributed by atoms with Crippen LogP contribution >= 0.6 is 0 Å². The summed E-state index contributed by atoms with van der Waals surface area (Å²) in [6.45, 7) is 3.86. The van der Waals surface area contributed by atoms with Crippen LogP contribution in [0.5, 0.6) is 5.75 Å². The number of unbranched alkanes of at least 4 members (excludes halogenated alkanes) is 1. The van der Waals surface area contributed by atoms with Gasteiger partial charge in [0, 0.05) is 0 Å². The van der Waals surface area contributed by atoms with Gasteiger partial charge in [-0.2, -0.15) is 0 Å². The first-order valence-electron chi connectivity index (χ1n) is 7.30. The first kappa shape index (κ1) is 17.0. The van der Waals surface area contributed by atoms with Crippen molar-refractivity contribution in [3.05, 3.63) is 29.8 Å². The van der Waals surface area contributed by atoms with E-state index in [1.807, 2.05) is 19.1 Å². The van der Waals surface area contributed by atoms with E-state index >= 15 is 0 Å². The van der Waals surface area contributed by atoms with Crippen molar-refractivity contribution >= 4 is 11.9 Å². The predicted molar refractivity (Wildman–Crippen MR) is 80.4 cm³/mol. The SMILES string of the molecule is CCCCC(NC(=O)COc1ccc(CC)cc1)C(=O)O. The molecule has 2 N–H and O–H groups in total. The predicted octanol–water partition coefficient (Wildman–Crippen LogP) is 2.39. The Balaban J connectivity index is 2.42. The topological polar surface area (TPSA) is 75.6 Å². The minimum Gasteiger partial charge on any atom is -0.484 e. The third kappa shape index (κ3) is 6.29. The van der Waals surface area contributed by atoms with Gasteiger partial charge in [0.05, 0.1) is 0 Å². The van der Waals surface area contributed by atoms with Gasteiger partial charge in [-0.1, -0.05) is 38.8 Å². The highest BCUT2D eigenvalue weighted by Gasteiger charge is 2.19. The molecule has 5 nitrogen and oxygen atoms in total. The van der Waals surface area contributed by atoms with Crippen molar-refractivity contribution in [2.24, 2.45) is 0 Å². The van der Waals surface area contributed by atoms with Gasteiger partial charge >= 0.3 is 5.97 Å². The number of hydrogen-bond acceptors (Lipinski definition) is 3. The molecular weight excluding hydrogens is 270 g/mol. The molecule has 1 aromatic carbocycles. The number of carboxylic acids is 1. The highest BCUT2D eigenvalue weighted by molar-refractivity contribution is 5.84. The zero-order chi connectivity index (χ0) is 15.7. The molecule has 0 aliphatic carbocycles. The molecule has 0 heterocycles. The summed E-state index contributed by atoms with van der Waals surface area (Å²) in [5.41, 5.74) is 1.19. The second kappa shape index (κ2) is 9.00. The van der Waals surface area contributed by atoms with Crippen LogP contribution in [0.2, 0.25) is 0 Å². The third-order valence-corrected chi connectivity index (χ3v) is 3.18. The van der Waals surface area contributed by atoms with Crippen LogP contribution in [-0.4, -0.2) is 29.6 Å². The van der Waals surface area contributed by atoms with Crippen LogP contribution in [0.3, 0.4) is 0 Å². The van der Waals surface area contributed by atoms with Gasteiger partial charge in [0.25, 0.3) is 5.91 Å². The van der Waals surface area contributed by atoms with Crippen LogP contribution in [0.25, 0.3) is 0 Å². The first-order valence-corrected chi connectivity index (χ1v) is 7.30. The second-order valence-electron chi connectivity index (χ2n) is 4.89. The lowest BCUT2D eigenvalue weighted by atomic mass is 10.1. The lowest BCUT2D eigenvalue weighted by molar-refractivity contribution is -0.142. The number of carbonyl (C=O) groups is 2. The number of rotatable bonds is 9. The number of nitrogens with one attached hydrogen (secondary N) is 1. The van der Waals surface area contributed by atoms with Crippen molar-refractivity contribution in [1.82, 2.24) is 5.32 Å². The number of ether oxygens (including phenoxy) is 1. The van der Waals surface area contributed by atoms with E-state index in [0.717, 1.165) is 19.3 Å². The number of carbonyl (C=O) groups excluding carboxylic acids is 1. The fourth-order valence-electron chi connectivity index (χ4n) is 1.87. The lowest BCUT2D eigenvalue weighted by Gasteiger charge is -2.14. The van der Waals surface area contributed by atoms with E-state index in [-0.39, 0.29) is 6.61 Å². The molecule has 21 heavy (non-hydrogen) atoms. The Morgan fingerprint density at radius 2 is 1.90 bits per heavy atom. The van der Waals surface area contributed by atoms with Crippen molar-refractivity contribution in [3.8, 4) is 5.75 Å². The average molecular weight is 293 g/mol. The standard InChI is InChI=1S/C16H23NO4/c1-3-5-6-14(16(19)20)17-15(18)11-21-13-9-7-12(4-2)8-10-13/h7-10,14H,3-6,11H2,1-2H3,(H,17,18)(H,19,20). The summed E-state index contributed by atoms with van der Waals surface area (Å²) in [7, 11) is 0. The van der Waals surface area contributed by atoms with Crippen molar-refractivity contribution in [2.75, 3.05) is 6.61 Å². The Labute approximate surface area is 125 Å². The van der Waals surface area contributed by atoms with E-state index < -0.39 is 17.9 Å². The zero-order valence-electron chi connectivity index (χ0n) is 12.6. The van der Waals surface area contributed by atoms with Crippen LogP contribution in [0.1, 0.15) is 38.7 Å². The molecule has 0 bridgehead atoms. The average Bonchev–Trinajstić information content (AvgIpc) is 2.49. The van der Waals surface area contributed by atoms with E-state index in [2.05, 4.69) is 12.2 Å². The van der Waals surface area contributed by atoms with Gasteiger partial charge in [-0.3, -0.25) is 4.79 Å². The number of carboxylic acid groups (broad SMARTS) is 1. The van der Waals surface area contributed by atoms with Gasteiger partial charge < -0.3 is 15.2 Å². The lowest BCUT2D eigenvalue weighted by Crippen LogP contribution is -2.42. The van der Waals surface area contributed by atoms with Crippen LogP contribution in [0.4, 0.5) is 0 Å². The maximum atomic E-state index is 11.7. The molecule has 1 aromatic rings. The molecule has 1 atom stereocenters. The van der Waals surface area contributed by atoms with Crippen LogP contribution in [0, 0.1) is 0 Å². The number of benzene rings is 1. The second-order valence-corrected chi connectivity index (χ2v) is 4.89. The molecule has 0 spiro atoms. The molecule has 0 radical (unpaired) electrons. The highest BCUT2D eigenvalue weighted by Crippen LogP contribution is 2.12. The summed E-state index contributed by atoms with van der Waals surface area (Å²) < 4.78 is 5.35. The van der Waals surface area contributed by atoms with Crippen molar-refractivity contribution in [3.63, 3.8) is 0 Å². The summed E-state index contributed by atoms with van der Waals surface area (Å²) in [4.78, 5) is 22.7. The van der Waals surface area contributed by atoms with Crippen LogP contribution < -0.4 is 10.1 Å². The molecule has 5 heteroatoms. The monoisotopic (exact) mass is 293 g/mol. The fraction of sp³-hybridized carbons (Fsp3) is 0.500. The molecule has 0 aromatic heterocycles. The van der Waals surface area contributed by atoms with Crippen LogP contribution in [0.15, 0.2) is 24.3 Å². The van der Waals surface area contributed by atoms with Crippen molar-refractivity contribution < 1.29 is 19.4 Å². The van der Waals surface area contributed by atoms with Gasteiger partial charge in [0.1, 0.15) is 11.8 Å². The van der Waals surface area contributed by atoms with E-state index in [1.54, 1.807) is 12.1 Å². The van der Waals surface area contributed by atoms with E-state index in [9.17, 15) is 9.59 Å². The number of hydrogen-bond donors (Lipinski definition) is 2. The highest BCUT2D eigenvalue weighted by atomic mass is 16.5. The maximum Gasteiger partial charge on any atom is 0.326 e. The summed E-state index contributed by atoms with van der Waals surface area (Å²) in [6, 6.07) is 6.64. The van der Waals surface area contributed by atoms with Crippen molar-refractivity contribution in [2.45, 2.75) is 45.6 Å².